The number of guanidine groups is 1. The molecule has 11 heteroatoms. The molecule has 0 aliphatic carbocycles. The van der Waals surface area contributed by atoms with Crippen molar-refractivity contribution in [2.45, 2.75) is 45.1 Å². The number of amides is 2. The standard InChI is InChI=1S/C24H30N8O3/c1-17-12-18-13-19(7-8-21(18)35-17)27-24(29-32-15-25-26-16-32)28-20-6-2-3-11-31(23(20)34)14-22(33)30-9-4-5-10-30/h7-8,12-13,15-16,20H,2-6,9-11,14H2,1H3,(H2,27,28,29)/t20-/m0/s1. The highest BCUT2D eigenvalue weighted by atomic mass is 16.3. The summed E-state index contributed by atoms with van der Waals surface area (Å²) in [6.07, 6.45) is 7.40. The number of furan rings is 1. The van der Waals surface area contributed by atoms with Gasteiger partial charge in [0.25, 0.3) is 0 Å². The lowest BCUT2D eigenvalue weighted by Crippen LogP contribution is -2.45. The molecule has 0 radical (unpaired) electrons. The summed E-state index contributed by atoms with van der Waals surface area (Å²) >= 11 is 0. The molecule has 1 aromatic carbocycles. The van der Waals surface area contributed by atoms with Crippen molar-refractivity contribution in [1.82, 2.24) is 24.7 Å². The number of nitrogens with zero attached hydrogens (tertiary/aromatic N) is 6. The molecule has 0 spiro atoms. The van der Waals surface area contributed by atoms with Crippen molar-refractivity contribution in [2.75, 3.05) is 36.9 Å². The van der Waals surface area contributed by atoms with Crippen molar-refractivity contribution in [2.24, 2.45) is 4.99 Å². The largest absolute Gasteiger partial charge is 0.461 e. The molecule has 1 atom stereocenters. The SMILES string of the molecule is Cc1cc2cc(NC(=N[C@H]3CCCCN(CC(=O)N4CCCC4)C3=O)Nn3cnnc3)ccc2o1. The number of hydrogen-bond donors (Lipinski definition) is 2. The Labute approximate surface area is 203 Å². The molecule has 0 unspecified atom stereocenters. The van der Waals surface area contributed by atoms with Crippen LogP contribution in [0.15, 0.2) is 46.3 Å². The molecule has 2 aliphatic heterocycles. The van der Waals surface area contributed by atoms with Gasteiger partial charge in [-0.1, -0.05) is 0 Å². The minimum atomic E-state index is -0.602. The van der Waals surface area contributed by atoms with Gasteiger partial charge in [-0.25, -0.2) is 9.67 Å². The van der Waals surface area contributed by atoms with Crippen molar-refractivity contribution in [3.05, 3.63) is 42.7 Å². The van der Waals surface area contributed by atoms with Crippen LogP contribution in [0, 0.1) is 6.92 Å². The highest BCUT2D eigenvalue weighted by Crippen LogP contribution is 2.23. The maximum atomic E-state index is 13.4. The number of fused-ring (bicyclic) bond motifs is 1. The number of likely N-dealkylation sites (tertiary alicyclic amines) is 2. The number of aromatic nitrogens is 3. The van der Waals surface area contributed by atoms with Crippen LogP contribution in [-0.2, 0) is 9.59 Å². The van der Waals surface area contributed by atoms with Crippen LogP contribution in [0.1, 0.15) is 37.9 Å². The van der Waals surface area contributed by atoms with Crippen molar-refractivity contribution in [3.63, 3.8) is 0 Å². The van der Waals surface area contributed by atoms with Crippen molar-refractivity contribution < 1.29 is 14.0 Å². The van der Waals surface area contributed by atoms with Gasteiger partial charge in [0.15, 0.2) is 0 Å². The molecule has 0 saturated carbocycles. The Morgan fingerprint density at radius 2 is 1.89 bits per heavy atom. The summed E-state index contributed by atoms with van der Waals surface area (Å²) in [5.41, 5.74) is 4.70. The first-order valence-electron chi connectivity index (χ1n) is 12.1. The summed E-state index contributed by atoms with van der Waals surface area (Å²) < 4.78 is 7.23. The van der Waals surface area contributed by atoms with Gasteiger partial charge in [-0.15, -0.1) is 10.2 Å². The molecule has 2 N–H and O–H groups in total. The van der Waals surface area contributed by atoms with Crippen molar-refractivity contribution >= 4 is 34.4 Å². The first-order chi connectivity index (χ1) is 17.0. The monoisotopic (exact) mass is 478 g/mol. The highest BCUT2D eigenvalue weighted by molar-refractivity contribution is 6.02. The summed E-state index contributed by atoms with van der Waals surface area (Å²) in [7, 11) is 0. The van der Waals surface area contributed by atoms with Crippen LogP contribution in [0.25, 0.3) is 11.0 Å². The lowest BCUT2D eigenvalue weighted by atomic mass is 10.1. The quantitative estimate of drug-likeness (QED) is 0.426. The number of anilines is 1. The Kier molecular flexibility index (Phi) is 6.64. The van der Waals surface area contributed by atoms with E-state index in [2.05, 4.69) is 20.9 Å². The highest BCUT2D eigenvalue weighted by Gasteiger charge is 2.30. The molecule has 2 amide bonds. The second-order valence-electron chi connectivity index (χ2n) is 9.05. The van der Waals surface area contributed by atoms with E-state index in [0.29, 0.717) is 18.9 Å². The molecule has 2 fully saturated rings. The van der Waals surface area contributed by atoms with E-state index in [-0.39, 0.29) is 18.4 Å². The number of hydrogen-bond acceptors (Lipinski definition) is 6. The fourth-order valence-electron chi connectivity index (χ4n) is 4.61. The second kappa shape index (κ2) is 10.2. The third-order valence-electron chi connectivity index (χ3n) is 6.38. The molecular formula is C24H30N8O3. The van der Waals surface area contributed by atoms with E-state index in [1.54, 1.807) is 9.58 Å². The lowest BCUT2D eigenvalue weighted by molar-refractivity contribution is -0.140. The Balaban J connectivity index is 1.37. The Hall–Kier alpha value is -3.89. The fraction of sp³-hybridized carbons (Fsp3) is 0.458. The van der Waals surface area contributed by atoms with Gasteiger partial charge in [-0.3, -0.25) is 15.0 Å². The molecule has 3 aromatic rings. The number of rotatable bonds is 5. The molecule has 5 rings (SSSR count). The minimum Gasteiger partial charge on any atom is -0.461 e. The predicted octanol–water partition coefficient (Wildman–Crippen LogP) is 2.35. The van der Waals surface area contributed by atoms with E-state index in [1.165, 1.54) is 12.7 Å². The third-order valence-corrected chi connectivity index (χ3v) is 6.38. The summed E-state index contributed by atoms with van der Waals surface area (Å²) in [5.74, 6) is 1.11. The number of carbonyl (C=O) groups excluding carboxylic acids is 2. The molecule has 184 valence electrons. The van der Waals surface area contributed by atoms with E-state index < -0.39 is 6.04 Å². The summed E-state index contributed by atoms with van der Waals surface area (Å²) in [4.78, 5) is 34.4. The Morgan fingerprint density at radius 3 is 2.69 bits per heavy atom. The average Bonchev–Trinajstić information content (AvgIpc) is 3.59. The maximum absolute atomic E-state index is 13.4. The average molecular weight is 479 g/mol. The number of benzene rings is 1. The van der Waals surface area contributed by atoms with Crippen molar-refractivity contribution in [1.29, 1.82) is 0 Å². The first-order valence-corrected chi connectivity index (χ1v) is 12.1. The molecule has 0 bridgehead atoms. The Bertz CT molecular complexity index is 1210. The molecule has 2 aliphatic rings. The van der Waals surface area contributed by atoms with E-state index >= 15 is 0 Å². The first kappa shape index (κ1) is 22.9. The molecule has 35 heavy (non-hydrogen) atoms. The predicted molar refractivity (Wildman–Crippen MR) is 131 cm³/mol. The van der Waals surface area contributed by atoms with Gasteiger partial charge in [-0.05, 0) is 63.3 Å². The number of aliphatic imine (C=N–C) groups is 1. The van der Waals surface area contributed by atoms with Gasteiger partial charge < -0.3 is 19.5 Å². The third kappa shape index (κ3) is 5.44. The van der Waals surface area contributed by atoms with Crippen LogP contribution < -0.4 is 10.7 Å². The summed E-state index contributed by atoms with van der Waals surface area (Å²) in [6, 6.07) is 7.11. The number of aryl methyl sites for hydroxylation is 1. The lowest BCUT2D eigenvalue weighted by Gasteiger charge is -2.25. The van der Waals surface area contributed by atoms with E-state index in [9.17, 15) is 9.59 Å². The normalized spacial score (nSPS) is 19.3. The van der Waals surface area contributed by atoms with Crippen LogP contribution in [0.5, 0.6) is 0 Å². The smallest absolute Gasteiger partial charge is 0.247 e. The van der Waals surface area contributed by atoms with Gasteiger partial charge in [0.1, 0.15) is 30.0 Å². The van der Waals surface area contributed by atoms with E-state index in [1.807, 2.05) is 36.1 Å². The zero-order chi connectivity index (χ0) is 24.2. The van der Waals surface area contributed by atoms with Gasteiger partial charge in [0.2, 0.25) is 17.8 Å². The zero-order valence-electron chi connectivity index (χ0n) is 19.8. The maximum Gasteiger partial charge on any atom is 0.247 e. The molecular weight excluding hydrogens is 448 g/mol. The van der Waals surface area contributed by atoms with Gasteiger partial charge in [0, 0.05) is 30.7 Å². The Morgan fingerprint density at radius 1 is 1.11 bits per heavy atom. The zero-order valence-corrected chi connectivity index (χ0v) is 19.8. The fourth-order valence-corrected chi connectivity index (χ4v) is 4.61. The molecule has 4 heterocycles. The van der Waals surface area contributed by atoms with Gasteiger partial charge in [-0.2, -0.15) is 0 Å². The molecule has 11 nitrogen and oxygen atoms in total. The van der Waals surface area contributed by atoms with Gasteiger partial charge in [0.05, 0.1) is 6.54 Å². The van der Waals surface area contributed by atoms with Crippen LogP contribution in [0.3, 0.4) is 0 Å². The topological polar surface area (TPSA) is 121 Å². The molecule has 2 aromatic heterocycles. The van der Waals surface area contributed by atoms with Crippen LogP contribution in [0.2, 0.25) is 0 Å². The van der Waals surface area contributed by atoms with Crippen LogP contribution in [0.4, 0.5) is 5.69 Å². The molecule has 2 saturated heterocycles. The minimum absolute atomic E-state index is 0.0187. The summed E-state index contributed by atoms with van der Waals surface area (Å²) in [5, 5.41) is 11.9. The number of nitrogens with one attached hydrogen (secondary N) is 2. The van der Waals surface area contributed by atoms with Crippen LogP contribution in [-0.4, -0.2) is 74.7 Å². The van der Waals surface area contributed by atoms with Crippen LogP contribution >= 0.6 is 0 Å². The second-order valence-corrected chi connectivity index (χ2v) is 9.05. The van der Waals surface area contributed by atoms with Crippen molar-refractivity contribution in [3.8, 4) is 0 Å². The summed E-state index contributed by atoms with van der Waals surface area (Å²) in [6.45, 7) is 4.15. The van der Waals surface area contributed by atoms with E-state index in [0.717, 1.165) is 61.2 Å². The number of carbonyl (C=O) groups is 2. The van der Waals surface area contributed by atoms with E-state index in [4.69, 9.17) is 9.41 Å². The van der Waals surface area contributed by atoms with Gasteiger partial charge >= 0.3 is 0 Å².